The third-order valence-electron chi connectivity index (χ3n) is 4.03. The molecule has 0 radical (unpaired) electrons. The van der Waals surface area contributed by atoms with E-state index in [1.807, 2.05) is 6.92 Å². The summed E-state index contributed by atoms with van der Waals surface area (Å²) in [5.41, 5.74) is 0.865. The van der Waals surface area contributed by atoms with Crippen LogP contribution in [-0.4, -0.2) is 50.2 Å². The lowest BCUT2D eigenvalue weighted by Crippen LogP contribution is -2.44. The van der Waals surface area contributed by atoms with Crippen LogP contribution in [-0.2, 0) is 26.0 Å². The topological polar surface area (TPSA) is 95.6 Å². The highest BCUT2D eigenvalue weighted by molar-refractivity contribution is 7.89. The van der Waals surface area contributed by atoms with Gasteiger partial charge in [-0.2, -0.15) is 4.31 Å². The molecule has 0 unspecified atom stereocenters. The molecule has 0 bridgehead atoms. The molecule has 2 amide bonds. The van der Waals surface area contributed by atoms with Gasteiger partial charge in [-0.3, -0.25) is 9.59 Å². The van der Waals surface area contributed by atoms with Crippen molar-refractivity contribution in [2.24, 2.45) is 0 Å². The molecule has 0 saturated carbocycles. The van der Waals surface area contributed by atoms with Crippen LogP contribution in [0.25, 0.3) is 0 Å². The molecule has 8 heteroatoms. The standard InChI is InChI=1S/C18H29N3O4S/c1-5-19-18(23)14(4)20-17(22)13-10-15-8-11-16(12-9-15)26(24,25)21(6-2)7-3/h8-9,11-12,14H,5-7,10,13H2,1-4H3,(H,19,23)(H,20,22)/t14-/m1/s1. The van der Waals surface area contributed by atoms with Crippen LogP contribution in [0.15, 0.2) is 29.2 Å². The predicted molar refractivity (Wildman–Crippen MR) is 101 cm³/mol. The Kier molecular flexibility index (Phi) is 8.74. The molecule has 0 spiro atoms. The van der Waals surface area contributed by atoms with Gasteiger partial charge in [0.2, 0.25) is 21.8 Å². The number of carbonyl (C=O) groups excluding carboxylic acids is 2. The first-order valence-electron chi connectivity index (χ1n) is 8.92. The van der Waals surface area contributed by atoms with E-state index in [0.29, 0.717) is 26.1 Å². The van der Waals surface area contributed by atoms with Gasteiger partial charge >= 0.3 is 0 Å². The fraction of sp³-hybridized carbons (Fsp3) is 0.556. The summed E-state index contributed by atoms with van der Waals surface area (Å²) in [6.07, 6.45) is 0.700. The average Bonchev–Trinajstić information content (AvgIpc) is 2.61. The van der Waals surface area contributed by atoms with Crippen LogP contribution in [0.5, 0.6) is 0 Å². The number of nitrogens with zero attached hydrogens (tertiary/aromatic N) is 1. The van der Waals surface area contributed by atoms with Crippen LogP contribution in [0.2, 0.25) is 0 Å². The zero-order valence-corrected chi connectivity index (χ0v) is 16.7. The van der Waals surface area contributed by atoms with Gasteiger partial charge in [-0.1, -0.05) is 26.0 Å². The quantitative estimate of drug-likeness (QED) is 0.636. The van der Waals surface area contributed by atoms with E-state index in [-0.39, 0.29) is 23.1 Å². The van der Waals surface area contributed by atoms with Crippen molar-refractivity contribution in [3.8, 4) is 0 Å². The molecule has 1 aromatic carbocycles. The number of hydrogen-bond donors (Lipinski definition) is 2. The number of aryl methyl sites for hydroxylation is 1. The Labute approximate surface area is 156 Å². The number of nitrogens with one attached hydrogen (secondary N) is 2. The minimum Gasteiger partial charge on any atom is -0.355 e. The Hall–Kier alpha value is -1.93. The zero-order valence-electron chi connectivity index (χ0n) is 15.9. The molecule has 0 saturated heterocycles. The first kappa shape index (κ1) is 22.1. The van der Waals surface area contributed by atoms with Crippen LogP contribution < -0.4 is 10.6 Å². The highest BCUT2D eigenvalue weighted by atomic mass is 32.2. The van der Waals surface area contributed by atoms with E-state index in [4.69, 9.17) is 0 Å². The van der Waals surface area contributed by atoms with Crippen molar-refractivity contribution in [1.29, 1.82) is 0 Å². The van der Waals surface area contributed by atoms with E-state index in [1.54, 1.807) is 45.0 Å². The lowest BCUT2D eigenvalue weighted by Gasteiger charge is -2.18. The molecular formula is C18H29N3O4S. The second-order valence-corrected chi connectivity index (χ2v) is 7.85. The molecule has 146 valence electrons. The highest BCUT2D eigenvalue weighted by Gasteiger charge is 2.21. The van der Waals surface area contributed by atoms with Gasteiger partial charge in [0.05, 0.1) is 4.90 Å². The summed E-state index contributed by atoms with van der Waals surface area (Å²) in [7, 11) is -3.47. The Bertz CT molecular complexity index is 698. The maximum atomic E-state index is 12.4. The van der Waals surface area contributed by atoms with Crippen molar-refractivity contribution in [2.75, 3.05) is 19.6 Å². The lowest BCUT2D eigenvalue weighted by atomic mass is 10.1. The highest BCUT2D eigenvalue weighted by Crippen LogP contribution is 2.16. The number of likely N-dealkylation sites (N-methyl/N-ethyl adjacent to an activating group) is 1. The second kappa shape index (κ2) is 10.3. The summed E-state index contributed by atoms with van der Waals surface area (Å²) < 4.78 is 26.3. The Morgan fingerprint density at radius 2 is 1.65 bits per heavy atom. The van der Waals surface area contributed by atoms with Crippen LogP contribution in [0.4, 0.5) is 0 Å². The van der Waals surface area contributed by atoms with Gasteiger partial charge in [-0.25, -0.2) is 8.42 Å². The molecule has 1 atom stereocenters. The molecule has 1 aromatic rings. The Morgan fingerprint density at radius 1 is 1.08 bits per heavy atom. The number of hydrogen-bond acceptors (Lipinski definition) is 4. The molecule has 0 aliphatic heterocycles. The molecule has 0 aliphatic carbocycles. The van der Waals surface area contributed by atoms with Crippen LogP contribution >= 0.6 is 0 Å². The first-order chi connectivity index (χ1) is 12.3. The molecule has 7 nitrogen and oxygen atoms in total. The predicted octanol–water partition coefficient (Wildman–Crippen LogP) is 1.29. The monoisotopic (exact) mass is 383 g/mol. The van der Waals surface area contributed by atoms with Gasteiger partial charge < -0.3 is 10.6 Å². The molecule has 1 rings (SSSR count). The number of amides is 2. The summed E-state index contributed by atoms with van der Waals surface area (Å²) >= 11 is 0. The van der Waals surface area contributed by atoms with Crippen LogP contribution in [0, 0.1) is 0 Å². The van der Waals surface area contributed by atoms with Crippen molar-refractivity contribution in [3.05, 3.63) is 29.8 Å². The van der Waals surface area contributed by atoms with Crippen molar-refractivity contribution >= 4 is 21.8 Å². The molecule has 0 aliphatic rings. The van der Waals surface area contributed by atoms with Crippen molar-refractivity contribution in [2.45, 2.75) is 51.5 Å². The van der Waals surface area contributed by atoms with Gasteiger partial charge in [0, 0.05) is 26.1 Å². The minimum atomic E-state index is -3.47. The normalized spacial score (nSPS) is 12.7. The summed E-state index contributed by atoms with van der Waals surface area (Å²) in [6, 6.07) is 5.99. The second-order valence-electron chi connectivity index (χ2n) is 5.92. The minimum absolute atomic E-state index is 0.216. The van der Waals surface area contributed by atoms with E-state index in [1.165, 1.54) is 4.31 Å². The molecular weight excluding hydrogens is 354 g/mol. The Morgan fingerprint density at radius 3 is 2.15 bits per heavy atom. The summed E-state index contributed by atoms with van der Waals surface area (Å²) in [6.45, 7) is 8.41. The zero-order chi connectivity index (χ0) is 19.7. The van der Waals surface area contributed by atoms with Crippen molar-refractivity contribution < 1.29 is 18.0 Å². The summed E-state index contributed by atoms with van der Waals surface area (Å²) in [5, 5.41) is 5.30. The number of benzene rings is 1. The fourth-order valence-corrected chi connectivity index (χ4v) is 3.96. The number of carbonyl (C=O) groups is 2. The fourth-order valence-electron chi connectivity index (χ4n) is 2.51. The first-order valence-corrected chi connectivity index (χ1v) is 10.4. The average molecular weight is 384 g/mol. The molecule has 0 aromatic heterocycles. The van der Waals surface area contributed by atoms with E-state index < -0.39 is 16.1 Å². The Balaban J connectivity index is 2.63. The summed E-state index contributed by atoms with van der Waals surface area (Å²) in [5.74, 6) is -0.435. The van der Waals surface area contributed by atoms with Gasteiger partial charge in [-0.15, -0.1) is 0 Å². The van der Waals surface area contributed by atoms with Crippen molar-refractivity contribution in [1.82, 2.24) is 14.9 Å². The van der Waals surface area contributed by atoms with E-state index in [9.17, 15) is 18.0 Å². The maximum Gasteiger partial charge on any atom is 0.243 e. The largest absolute Gasteiger partial charge is 0.355 e. The molecule has 26 heavy (non-hydrogen) atoms. The smallest absolute Gasteiger partial charge is 0.243 e. The van der Waals surface area contributed by atoms with Crippen molar-refractivity contribution in [3.63, 3.8) is 0 Å². The third-order valence-corrected chi connectivity index (χ3v) is 6.09. The molecule has 0 fully saturated rings. The molecule has 2 N–H and O–H groups in total. The number of sulfonamides is 1. The van der Waals surface area contributed by atoms with E-state index >= 15 is 0 Å². The van der Waals surface area contributed by atoms with Crippen LogP contribution in [0.1, 0.15) is 39.7 Å². The third kappa shape index (κ3) is 6.10. The van der Waals surface area contributed by atoms with Gasteiger partial charge in [-0.05, 0) is 38.0 Å². The van der Waals surface area contributed by atoms with E-state index in [0.717, 1.165) is 5.56 Å². The van der Waals surface area contributed by atoms with Gasteiger partial charge in [0.25, 0.3) is 0 Å². The maximum absolute atomic E-state index is 12.4. The lowest BCUT2D eigenvalue weighted by molar-refractivity contribution is -0.128. The molecule has 0 heterocycles. The number of rotatable bonds is 10. The van der Waals surface area contributed by atoms with Gasteiger partial charge in [0.15, 0.2) is 0 Å². The SMILES string of the molecule is CCNC(=O)[C@@H](C)NC(=O)CCc1ccc(S(=O)(=O)N(CC)CC)cc1. The van der Waals surface area contributed by atoms with Gasteiger partial charge in [0.1, 0.15) is 6.04 Å². The van der Waals surface area contributed by atoms with E-state index in [2.05, 4.69) is 10.6 Å². The van der Waals surface area contributed by atoms with Crippen LogP contribution in [0.3, 0.4) is 0 Å². The summed E-state index contributed by atoms with van der Waals surface area (Å²) in [4.78, 5) is 23.8.